The number of aromatic nitrogens is 1. The maximum absolute atomic E-state index is 11.6. The third kappa shape index (κ3) is 3.22. The average Bonchev–Trinajstić information content (AvgIpc) is 2.57. The van der Waals surface area contributed by atoms with E-state index in [1.807, 2.05) is 6.92 Å². The van der Waals surface area contributed by atoms with Gasteiger partial charge in [-0.3, -0.25) is 0 Å². The molecule has 1 unspecified atom stereocenters. The van der Waals surface area contributed by atoms with Crippen molar-refractivity contribution in [3.05, 3.63) is 16.1 Å². The molecule has 0 saturated carbocycles. The van der Waals surface area contributed by atoms with Crippen molar-refractivity contribution in [1.82, 2.24) is 4.98 Å². The van der Waals surface area contributed by atoms with Crippen molar-refractivity contribution in [3.8, 4) is 0 Å². The summed E-state index contributed by atoms with van der Waals surface area (Å²) in [4.78, 5) is 4.14. The predicted molar refractivity (Wildman–Crippen MR) is 77.4 cm³/mol. The van der Waals surface area contributed by atoms with Crippen LogP contribution in [0.4, 0.5) is 11.6 Å². The van der Waals surface area contributed by atoms with Crippen LogP contribution in [0.1, 0.15) is 13.3 Å². The summed E-state index contributed by atoms with van der Waals surface area (Å²) in [6.45, 7) is 1.82. The molecule has 19 heavy (non-hydrogen) atoms. The number of nitrogens with one attached hydrogen (secondary N) is 2. The second-order valence-corrected chi connectivity index (χ2v) is 7.82. The first kappa shape index (κ1) is 14.6. The minimum Gasteiger partial charge on any atom is -0.363 e. The fourth-order valence-corrected chi connectivity index (χ4v) is 4.60. The Hall–Kier alpha value is -0.760. The van der Waals surface area contributed by atoms with E-state index in [2.05, 4.69) is 15.7 Å². The van der Waals surface area contributed by atoms with E-state index < -0.39 is 15.4 Å². The van der Waals surface area contributed by atoms with Crippen molar-refractivity contribution in [2.24, 2.45) is 5.84 Å². The molecule has 0 spiro atoms. The molecule has 1 aromatic rings. The van der Waals surface area contributed by atoms with Gasteiger partial charge in [-0.25, -0.2) is 19.2 Å². The lowest BCUT2D eigenvalue weighted by molar-refractivity contribution is 0.572. The minimum atomic E-state index is -3.01. The number of anilines is 2. The van der Waals surface area contributed by atoms with Crippen molar-refractivity contribution in [2.75, 3.05) is 22.2 Å². The maximum Gasteiger partial charge on any atom is 0.161 e. The van der Waals surface area contributed by atoms with Gasteiger partial charge in [0, 0.05) is 0 Å². The fourth-order valence-electron chi connectivity index (χ4n) is 2.05. The molecular formula is C10H14Cl2N4O2S. The number of nitrogen functional groups attached to an aromatic ring is 1. The number of sulfone groups is 1. The van der Waals surface area contributed by atoms with Crippen LogP contribution >= 0.6 is 23.2 Å². The molecule has 0 bridgehead atoms. The van der Waals surface area contributed by atoms with Crippen molar-refractivity contribution in [1.29, 1.82) is 0 Å². The highest BCUT2D eigenvalue weighted by molar-refractivity contribution is 7.91. The van der Waals surface area contributed by atoms with Crippen LogP contribution in [-0.2, 0) is 9.84 Å². The van der Waals surface area contributed by atoms with E-state index in [1.165, 1.54) is 6.07 Å². The molecule has 1 fully saturated rings. The van der Waals surface area contributed by atoms with Crippen LogP contribution in [0.2, 0.25) is 10.0 Å². The highest BCUT2D eigenvalue weighted by Crippen LogP contribution is 2.33. The lowest BCUT2D eigenvalue weighted by Gasteiger charge is -2.25. The van der Waals surface area contributed by atoms with Crippen molar-refractivity contribution >= 4 is 44.7 Å². The Balaban J connectivity index is 2.29. The largest absolute Gasteiger partial charge is 0.363 e. The highest BCUT2D eigenvalue weighted by atomic mass is 35.5. The molecule has 0 aromatic carbocycles. The van der Waals surface area contributed by atoms with E-state index in [0.29, 0.717) is 22.3 Å². The van der Waals surface area contributed by atoms with Gasteiger partial charge in [0.15, 0.2) is 15.7 Å². The Kier molecular flexibility index (Phi) is 3.83. The van der Waals surface area contributed by atoms with Gasteiger partial charge >= 0.3 is 0 Å². The van der Waals surface area contributed by atoms with Crippen molar-refractivity contribution < 1.29 is 8.42 Å². The first-order chi connectivity index (χ1) is 8.75. The van der Waals surface area contributed by atoms with Crippen LogP contribution in [0.5, 0.6) is 0 Å². The molecule has 9 heteroatoms. The predicted octanol–water partition coefficient (Wildman–Crippen LogP) is 1.66. The smallest absolute Gasteiger partial charge is 0.161 e. The van der Waals surface area contributed by atoms with E-state index in [-0.39, 0.29) is 17.3 Å². The lowest BCUT2D eigenvalue weighted by atomic mass is 10.0. The summed E-state index contributed by atoms with van der Waals surface area (Å²) < 4.78 is 23.1. The number of rotatable bonds is 3. The number of hydrazine groups is 1. The number of nitrogens with two attached hydrogens (primary N) is 1. The zero-order valence-electron chi connectivity index (χ0n) is 10.2. The topological polar surface area (TPSA) is 97.1 Å². The zero-order valence-corrected chi connectivity index (χ0v) is 12.5. The molecule has 4 N–H and O–H groups in total. The van der Waals surface area contributed by atoms with Gasteiger partial charge in [0.2, 0.25) is 0 Å². The second-order valence-electron chi connectivity index (χ2n) is 4.82. The van der Waals surface area contributed by atoms with E-state index >= 15 is 0 Å². The Bertz CT molecular complexity index is 608. The van der Waals surface area contributed by atoms with Crippen LogP contribution in [0.15, 0.2) is 6.07 Å². The molecule has 6 nitrogen and oxygen atoms in total. The summed E-state index contributed by atoms with van der Waals surface area (Å²) in [5.41, 5.74) is 1.77. The number of hydrogen-bond donors (Lipinski definition) is 3. The zero-order chi connectivity index (χ0) is 14.3. The second kappa shape index (κ2) is 4.97. The maximum atomic E-state index is 11.6. The van der Waals surface area contributed by atoms with Crippen molar-refractivity contribution in [3.63, 3.8) is 0 Å². The molecule has 0 amide bonds. The van der Waals surface area contributed by atoms with Gasteiger partial charge in [-0.05, 0) is 19.4 Å². The summed E-state index contributed by atoms with van der Waals surface area (Å²) in [5.74, 6) is 6.13. The quantitative estimate of drug-likeness (QED) is 0.578. The van der Waals surface area contributed by atoms with Gasteiger partial charge in [-0.2, -0.15) is 0 Å². The average molecular weight is 325 g/mol. The lowest BCUT2D eigenvalue weighted by Crippen LogP contribution is -2.36. The van der Waals surface area contributed by atoms with Gasteiger partial charge < -0.3 is 10.7 Å². The van der Waals surface area contributed by atoms with Gasteiger partial charge in [0.1, 0.15) is 5.82 Å². The summed E-state index contributed by atoms with van der Waals surface area (Å²) in [6, 6.07) is 1.50. The highest BCUT2D eigenvalue weighted by Gasteiger charge is 2.39. The van der Waals surface area contributed by atoms with Crippen LogP contribution in [-0.4, -0.2) is 30.4 Å². The van der Waals surface area contributed by atoms with Crippen LogP contribution < -0.4 is 16.6 Å². The molecule has 1 atom stereocenters. The summed E-state index contributed by atoms with van der Waals surface area (Å²) in [5, 5.41) is 3.67. The Labute approximate surface area is 121 Å². The normalized spacial score (nSPS) is 25.3. The van der Waals surface area contributed by atoms with Crippen molar-refractivity contribution in [2.45, 2.75) is 18.9 Å². The number of hydrogen-bond acceptors (Lipinski definition) is 6. The molecule has 2 heterocycles. The minimum absolute atomic E-state index is 0.0476. The summed E-state index contributed by atoms with van der Waals surface area (Å²) in [7, 11) is -3.01. The molecule has 2 rings (SSSR count). The fraction of sp³-hybridized carbons (Fsp3) is 0.500. The molecule has 1 aliphatic rings. The van der Waals surface area contributed by atoms with Crippen LogP contribution in [0.3, 0.4) is 0 Å². The number of pyridine rings is 1. The van der Waals surface area contributed by atoms with E-state index in [1.54, 1.807) is 0 Å². The van der Waals surface area contributed by atoms with Gasteiger partial charge in [0.25, 0.3) is 0 Å². The molecule has 106 valence electrons. The molecule has 0 aliphatic carbocycles. The number of nitrogens with zero attached hydrogens (tertiary/aromatic N) is 1. The molecular weight excluding hydrogens is 311 g/mol. The third-order valence-corrected chi connectivity index (χ3v) is 5.47. The molecule has 0 radical (unpaired) electrons. The SMILES string of the molecule is CC1(Nc2nc(NN)c(Cl)cc2Cl)CCS(=O)(=O)C1. The standard InChI is InChI=1S/C10H14Cl2N4O2S/c1-10(2-3-19(17,18)5-10)15-8-6(11)4-7(12)9(14-8)16-13/h4H,2-3,5,13H2,1H3,(H2,14,15,16). The van der Waals surface area contributed by atoms with Gasteiger partial charge in [0.05, 0.1) is 27.1 Å². The van der Waals surface area contributed by atoms with Crippen LogP contribution in [0, 0.1) is 0 Å². The first-order valence-corrected chi connectivity index (χ1v) is 8.14. The molecule has 1 aliphatic heterocycles. The molecule has 1 aromatic heterocycles. The van der Waals surface area contributed by atoms with Gasteiger partial charge in [-0.1, -0.05) is 23.2 Å². The monoisotopic (exact) mass is 324 g/mol. The molecule has 1 saturated heterocycles. The first-order valence-electron chi connectivity index (χ1n) is 5.56. The Morgan fingerprint density at radius 1 is 1.37 bits per heavy atom. The van der Waals surface area contributed by atoms with E-state index in [9.17, 15) is 8.42 Å². The Morgan fingerprint density at radius 2 is 2.00 bits per heavy atom. The Morgan fingerprint density at radius 3 is 2.53 bits per heavy atom. The summed E-state index contributed by atoms with van der Waals surface area (Å²) in [6.07, 6.45) is 0.501. The third-order valence-electron chi connectivity index (χ3n) is 2.99. The van der Waals surface area contributed by atoms with E-state index in [4.69, 9.17) is 29.0 Å². The van der Waals surface area contributed by atoms with Crippen LogP contribution in [0.25, 0.3) is 0 Å². The summed E-state index contributed by atoms with van der Waals surface area (Å²) >= 11 is 11.9. The van der Waals surface area contributed by atoms with E-state index in [0.717, 1.165) is 0 Å². The number of halogens is 2. The van der Waals surface area contributed by atoms with Gasteiger partial charge in [-0.15, -0.1) is 0 Å².